The molecule has 2 atom stereocenters. The maximum Gasteiger partial charge on any atom is 0.239 e. The van der Waals surface area contributed by atoms with Crippen molar-refractivity contribution in [2.45, 2.75) is 57.7 Å². The molecule has 0 saturated carbocycles. The van der Waals surface area contributed by atoms with E-state index in [9.17, 15) is 9.59 Å². The van der Waals surface area contributed by atoms with E-state index in [1.165, 1.54) is 0 Å². The van der Waals surface area contributed by atoms with E-state index < -0.39 is 23.6 Å². The molecular weight excluding hydrogens is 346 g/mol. The monoisotopic (exact) mass is 375 g/mol. The summed E-state index contributed by atoms with van der Waals surface area (Å²) in [6, 6.07) is 7.89. The molecule has 8 nitrogen and oxygen atoms in total. The summed E-state index contributed by atoms with van der Waals surface area (Å²) < 4.78 is 5.55. The molecule has 27 heavy (non-hydrogen) atoms. The lowest BCUT2D eigenvalue weighted by Gasteiger charge is -2.24. The summed E-state index contributed by atoms with van der Waals surface area (Å²) in [5.74, 6) is -0.548. The van der Waals surface area contributed by atoms with E-state index in [0.717, 1.165) is 5.56 Å². The van der Waals surface area contributed by atoms with Gasteiger partial charge in [0.05, 0.1) is 18.2 Å². The van der Waals surface area contributed by atoms with Gasteiger partial charge < -0.3 is 15.8 Å². The molecule has 0 aromatic heterocycles. The van der Waals surface area contributed by atoms with Gasteiger partial charge in [0.15, 0.2) is 5.78 Å². The molecule has 0 saturated heterocycles. The van der Waals surface area contributed by atoms with Gasteiger partial charge in [-0.1, -0.05) is 35.4 Å². The highest BCUT2D eigenvalue weighted by molar-refractivity contribution is 5.91. The first-order chi connectivity index (χ1) is 12.7. The van der Waals surface area contributed by atoms with Crippen molar-refractivity contribution < 1.29 is 14.3 Å². The Balaban J connectivity index is 2.72. The van der Waals surface area contributed by atoms with Crippen LogP contribution in [0.3, 0.4) is 0 Å². The van der Waals surface area contributed by atoms with Crippen molar-refractivity contribution in [3.63, 3.8) is 0 Å². The normalized spacial score (nSPS) is 13.3. The van der Waals surface area contributed by atoms with Crippen LogP contribution >= 0.6 is 0 Å². The summed E-state index contributed by atoms with van der Waals surface area (Å²) >= 11 is 0. The summed E-state index contributed by atoms with van der Waals surface area (Å²) in [7, 11) is 0. The Morgan fingerprint density at radius 2 is 1.96 bits per heavy atom. The number of hydrogen-bond donors (Lipinski definition) is 2. The van der Waals surface area contributed by atoms with E-state index >= 15 is 0 Å². The number of ketones is 1. The van der Waals surface area contributed by atoms with Gasteiger partial charge in [0.25, 0.3) is 0 Å². The fraction of sp³-hybridized carbons (Fsp3) is 0.579. The summed E-state index contributed by atoms with van der Waals surface area (Å²) in [6.45, 7) is 5.95. The smallest absolute Gasteiger partial charge is 0.239 e. The zero-order valence-electron chi connectivity index (χ0n) is 16.2. The number of hydrogen-bond acceptors (Lipinski definition) is 5. The van der Waals surface area contributed by atoms with Gasteiger partial charge in [0.2, 0.25) is 5.91 Å². The number of nitrogens with two attached hydrogens (primary N) is 1. The molecular formula is C19H29N5O3. The predicted octanol–water partition coefficient (Wildman–Crippen LogP) is 2.52. The van der Waals surface area contributed by atoms with Crippen LogP contribution in [0.15, 0.2) is 35.4 Å². The van der Waals surface area contributed by atoms with Gasteiger partial charge >= 0.3 is 0 Å². The molecule has 3 N–H and O–H groups in total. The average molecular weight is 375 g/mol. The molecule has 8 heteroatoms. The summed E-state index contributed by atoms with van der Waals surface area (Å²) in [4.78, 5) is 27.6. The number of carbonyl (C=O) groups excluding carboxylic acids is 2. The van der Waals surface area contributed by atoms with Crippen LogP contribution in [0.1, 0.15) is 39.2 Å². The number of carbonyl (C=O) groups is 2. The first-order valence-electron chi connectivity index (χ1n) is 9.00. The highest BCUT2D eigenvalue weighted by Crippen LogP contribution is 2.09. The Morgan fingerprint density at radius 1 is 1.30 bits per heavy atom. The van der Waals surface area contributed by atoms with E-state index in [2.05, 4.69) is 15.3 Å². The van der Waals surface area contributed by atoms with Gasteiger partial charge in [-0.15, -0.1) is 0 Å². The third-order valence-corrected chi connectivity index (χ3v) is 3.77. The summed E-state index contributed by atoms with van der Waals surface area (Å²) in [6.07, 6.45) is 1.02. The zero-order chi connectivity index (χ0) is 20.3. The molecule has 0 heterocycles. The second-order valence-electron chi connectivity index (χ2n) is 7.31. The second-order valence-corrected chi connectivity index (χ2v) is 7.31. The molecule has 0 bridgehead atoms. The maximum absolute atomic E-state index is 12.6. The molecule has 0 radical (unpaired) electrons. The third kappa shape index (κ3) is 9.75. The Kier molecular flexibility index (Phi) is 9.50. The van der Waals surface area contributed by atoms with E-state index in [-0.39, 0.29) is 25.4 Å². The van der Waals surface area contributed by atoms with E-state index in [4.69, 9.17) is 16.0 Å². The first kappa shape index (κ1) is 22.6. The first-order valence-corrected chi connectivity index (χ1v) is 9.00. The molecule has 1 aromatic rings. The highest BCUT2D eigenvalue weighted by atomic mass is 16.5. The molecule has 0 fully saturated rings. The number of nitrogens with zero attached hydrogens (tertiary/aromatic N) is 3. The fourth-order valence-corrected chi connectivity index (χ4v) is 2.33. The molecule has 0 spiro atoms. The van der Waals surface area contributed by atoms with Gasteiger partial charge in [0, 0.05) is 17.9 Å². The van der Waals surface area contributed by atoms with E-state index in [1.807, 2.05) is 51.1 Å². The summed E-state index contributed by atoms with van der Waals surface area (Å²) in [5, 5.41) is 6.17. The average Bonchev–Trinajstić information content (AvgIpc) is 2.62. The number of amides is 1. The van der Waals surface area contributed by atoms with Crippen molar-refractivity contribution >= 4 is 11.7 Å². The number of ether oxygens (including phenoxy) is 1. The third-order valence-electron chi connectivity index (χ3n) is 3.77. The maximum atomic E-state index is 12.6. The van der Waals surface area contributed by atoms with Crippen LogP contribution in [0.4, 0.5) is 0 Å². The van der Waals surface area contributed by atoms with Crippen LogP contribution < -0.4 is 11.1 Å². The van der Waals surface area contributed by atoms with Gasteiger partial charge in [-0.2, -0.15) is 0 Å². The Hall–Kier alpha value is -2.41. The minimum absolute atomic E-state index is 0.0679. The fourth-order valence-electron chi connectivity index (χ4n) is 2.33. The molecule has 148 valence electrons. The topological polar surface area (TPSA) is 130 Å². The van der Waals surface area contributed by atoms with Crippen molar-refractivity contribution in [3.05, 3.63) is 46.3 Å². The van der Waals surface area contributed by atoms with Crippen LogP contribution in [-0.2, 0) is 20.7 Å². The van der Waals surface area contributed by atoms with Crippen molar-refractivity contribution in [2.75, 3.05) is 13.2 Å². The molecule has 0 unspecified atom stereocenters. The van der Waals surface area contributed by atoms with Crippen molar-refractivity contribution in [1.82, 2.24) is 5.32 Å². The quantitative estimate of drug-likeness (QED) is 0.266. The molecule has 1 aromatic carbocycles. The SMILES string of the molecule is CC(C)(C)OC[C@H](N)C(=O)N[C@@H](Cc1ccccc1)C(=O)CCCN=[N+]=[N-]. The largest absolute Gasteiger partial charge is 0.374 e. The van der Waals surface area contributed by atoms with Crippen LogP contribution in [0.5, 0.6) is 0 Å². The van der Waals surface area contributed by atoms with E-state index in [0.29, 0.717) is 12.8 Å². The molecule has 0 aliphatic carbocycles. The highest BCUT2D eigenvalue weighted by Gasteiger charge is 2.25. The molecule has 0 aliphatic heterocycles. The van der Waals surface area contributed by atoms with Crippen molar-refractivity contribution in [1.29, 1.82) is 0 Å². The van der Waals surface area contributed by atoms with Crippen molar-refractivity contribution in [3.8, 4) is 0 Å². The van der Waals surface area contributed by atoms with Crippen LogP contribution in [0.2, 0.25) is 0 Å². The minimum Gasteiger partial charge on any atom is -0.374 e. The number of rotatable bonds is 11. The molecule has 1 amide bonds. The van der Waals surface area contributed by atoms with Crippen LogP contribution in [-0.4, -0.2) is 42.5 Å². The predicted molar refractivity (Wildman–Crippen MR) is 104 cm³/mol. The minimum atomic E-state index is -0.863. The van der Waals surface area contributed by atoms with Crippen LogP contribution in [0.25, 0.3) is 10.4 Å². The van der Waals surface area contributed by atoms with Gasteiger partial charge in [0.1, 0.15) is 6.04 Å². The van der Waals surface area contributed by atoms with E-state index in [1.54, 1.807) is 0 Å². The van der Waals surface area contributed by atoms with Gasteiger partial charge in [-0.05, 0) is 44.7 Å². The number of azide groups is 1. The zero-order valence-corrected chi connectivity index (χ0v) is 16.2. The molecule has 0 aliphatic rings. The number of nitrogens with one attached hydrogen (secondary N) is 1. The lowest BCUT2D eigenvalue weighted by Crippen LogP contribution is -2.51. The van der Waals surface area contributed by atoms with Gasteiger partial charge in [-0.25, -0.2) is 0 Å². The van der Waals surface area contributed by atoms with Crippen LogP contribution in [0, 0.1) is 0 Å². The summed E-state index contributed by atoms with van der Waals surface area (Å²) in [5.41, 5.74) is 14.7. The standard InChI is InChI=1S/C19H29N5O3/c1-19(2,3)27-13-15(20)18(26)23-16(12-14-8-5-4-6-9-14)17(25)10-7-11-22-24-21/h4-6,8-9,15-16H,7,10-13,20H2,1-3H3,(H,23,26)/t15-,16-/m0/s1. The van der Waals surface area contributed by atoms with Gasteiger partial charge in [-0.3, -0.25) is 9.59 Å². The Bertz CT molecular complexity index is 651. The number of benzene rings is 1. The Labute approximate surface area is 160 Å². The van der Waals surface area contributed by atoms with Crippen molar-refractivity contribution in [2.24, 2.45) is 10.8 Å². The lowest BCUT2D eigenvalue weighted by atomic mass is 9.99. The molecule has 1 rings (SSSR count). The lowest BCUT2D eigenvalue weighted by molar-refractivity contribution is -0.130. The number of Topliss-reactive ketones (excluding diaryl/α,β-unsaturated/α-hetero) is 1. The Morgan fingerprint density at radius 3 is 2.56 bits per heavy atom. The second kappa shape index (κ2) is 11.3.